The van der Waals surface area contributed by atoms with Crippen LogP contribution in [0.3, 0.4) is 0 Å². The molecule has 0 fully saturated rings. The molecule has 0 spiro atoms. The van der Waals surface area contributed by atoms with Crippen molar-refractivity contribution in [2.24, 2.45) is 0 Å². The summed E-state index contributed by atoms with van der Waals surface area (Å²) in [5.41, 5.74) is 0.195. The van der Waals surface area contributed by atoms with Gasteiger partial charge in [0.15, 0.2) is 0 Å². The highest BCUT2D eigenvalue weighted by atomic mass is 35.5. The highest BCUT2D eigenvalue weighted by molar-refractivity contribution is 6.33. The van der Waals surface area contributed by atoms with E-state index in [9.17, 15) is 13.6 Å². The van der Waals surface area contributed by atoms with Crippen molar-refractivity contribution >= 4 is 17.6 Å². The smallest absolute Gasteiger partial charge is 0.338 e. The van der Waals surface area contributed by atoms with Gasteiger partial charge >= 0.3 is 5.97 Å². The maximum atomic E-state index is 13.5. The standard InChI is InChI=1S/C13H7ClF2O2/c14-11-4-2-8(15)6-10(11)7-1-3-9(13(17)18)12(16)5-7/h1-6H,(H,17,18). The predicted molar refractivity (Wildman–Crippen MR) is 63.8 cm³/mol. The van der Waals surface area contributed by atoms with Gasteiger partial charge in [-0.3, -0.25) is 0 Å². The fourth-order valence-electron chi connectivity index (χ4n) is 1.57. The molecule has 5 heteroatoms. The lowest BCUT2D eigenvalue weighted by atomic mass is 10.0. The van der Waals surface area contributed by atoms with E-state index < -0.39 is 23.2 Å². The van der Waals surface area contributed by atoms with Crippen LogP contribution < -0.4 is 0 Å². The molecule has 2 nitrogen and oxygen atoms in total. The summed E-state index contributed by atoms with van der Waals surface area (Å²) in [5.74, 6) is -2.75. The summed E-state index contributed by atoms with van der Waals surface area (Å²) in [6.07, 6.45) is 0. The average molecular weight is 269 g/mol. The fraction of sp³-hybridized carbons (Fsp3) is 0. The van der Waals surface area contributed by atoms with Crippen molar-refractivity contribution in [2.75, 3.05) is 0 Å². The van der Waals surface area contributed by atoms with Crippen LogP contribution in [0.1, 0.15) is 10.4 Å². The lowest BCUT2D eigenvalue weighted by molar-refractivity contribution is 0.0692. The molecule has 0 radical (unpaired) electrons. The van der Waals surface area contributed by atoms with Crippen LogP contribution in [-0.4, -0.2) is 11.1 Å². The van der Waals surface area contributed by atoms with Gasteiger partial charge in [0, 0.05) is 10.6 Å². The third-order valence-corrected chi connectivity index (χ3v) is 2.77. The van der Waals surface area contributed by atoms with Crippen molar-refractivity contribution in [1.29, 1.82) is 0 Å². The van der Waals surface area contributed by atoms with Gasteiger partial charge in [0.1, 0.15) is 11.6 Å². The first kappa shape index (κ1) is 12.5. The molecule has 0 heterocycles. The van der Waals surface area contributed by atoms with Crippen molar-refractivity contribution in [3.05, 3.63) is 58.6 Å². The third kappa shape index (κ3) is 2.33. The van der Waals surface area contributed by atoms with E-state index in [-0.39, 0.29) is 5.02 Å². The molecule has 0 aliphatic rings. The molecule has 18 heavy (non-hydrogen) atoms. The molecule has 2 rings (SSSR count). The Morgan fingerprint density at radius 2 is 1.83 bits per heavy atom. The summed E-state index contributed by atoms with van der Waals surface area (Å²) in [6, 6.07) is 7.23. The molecule has 0 aromatic heterocycles. The van der Waals surface area contributed by atoms with Gasteiger partial charge in [-0.1, -0.05) is 17.7 Å². The van der Waals surface area contributed by atoms with E-state index in [0.29, 0.717) is 11.1 Å². The molecule has 0 atom stereocenters. The minimum absolute atomic E-state index is 0.263. The Labute approximate surface area is 106 Å². The van der Waals surface area contributed by atoms with E-state index in [2.05, 4.69) is 0 Å². The largest absolute Gasteiger partial charge is 0.478 e. The van der Waals surface area contributed by atoms with E-state index in [4.69, 9.17) is 16.7 Å². The Morgan fingerprint density at radius 1 is 1.11 bits per heavy atom. The summed E-state index contributed by atoms with van der Waals surface area (Å²) >= 11 is 5.88. The van der Waals surface area contributed by atoms with E-state index in [1.807, 2.05) is 0 Å². The second kappa shape index (κ2) is 4.74. The number of hydrogen-bond acceptors (Lipinski definition) is 1. The average Bonchev–Trinajstić information content (AvgIpc) is 2.31. The molecular formula is C13H7ClF2O2. The Hall–Kier alpha value is -1.94. The molecule has 92 valence electrons. The van der Waals surface area contributed by atoms with Gasteiger partial charge in [0.05, 0.1) is 5.56 Å². The van der Waals surface area contributed by atoms with Crippen molar-refractivity contribution in [2.45, 2.75) is 0 Å². The molecule has 0 saturated heterocycles. The van der Waals surface area contributed by atoms with Crippen molar-refractivity contribution in [1.82, 2.24) is 0 Å². The number of carboxylic acid groups (broad SMARTS) is 1. The molecule has 0 unspecified atom stereocenters. The Morgan fingerprint density at radius 3 is 2.44 bits per heavy atom. The van der Waals surface area contributed by atoms with E-state index in [1.54, 1.807) is 0 Å². The molecular weight excluding hydrogens is 262 g/mol. The summed E-state index contributed by atoms with van der Waals surface area (Å²) < 4.78 is 26.6. The van der Waals surface area contributed by atoms with Crippen LogP contribution in [0.15, 0.2) is 36.4 Å². The minimum Gasteiger partial charge on any atom is -0.478 e. The number of carbonyl (C=O) groups is 1. The van der Waals surface area contributed by atoms with Crippen LogP contribution in [0.25, 0.3) is 11.1 Å². The van der Waals surface area contributed by atoms with Crippen molar-refractivity contribution in [3.8, 4) is 11.1 Å². The minimum atomic E-state index is -1.36. The van der Waals surface area contributed by atoms with E-state index in [0.717, 1.165) is 18.2 Å². The zero-order valence-corrected chi connectivity index (χ0v) is 9.71. The van der Waals surface area contributed by atoms with E-state index >= 15 is 0 Å². The van der Waals surface area contributed by atoms with Crippen LogP contribution in [-0.2, 0) is 0 Å². The molecule has 0 bridgehead atoms. The number of rotatable bonds is 2. The number of aromatic carboxylic acids is 1. The van der Waals surface area contributed by atoms with Gasteiger partial charge in [-0.15, -0.1) is 0 Å². The molecule has 0 saturated carbocycles. The molecule has 0 aliphatic carbocycles. The second-order valence-corrected chi connectivity index (χ2v) is 4.03. The highest BCUT2D eigenvalue weighted by Crippen LogP contribution is 2.29. The number of carboxylic acids is 1. The molecule has 0 aliphatic heterocycles. The van der Waals surface area contributed by atoms with Gasteiger partial charge < -0.3 is 5.11 Å². The van der Waals surface area contributed by atoms with E-state index in [1.165, 1.54) is 18.2 Å². The zero-order chi connectivity index (χ0) is 13.3. The van der Waals surface area contributed by atoms with Gasteiger partial charge in [0.25, 0.3) is 0 Å². The normalized spacial score (nSPS) is 10.4. The summed E-state index contributed by atoms with van der Waals surface area (Å²) in [7, 11) is 0. The maximum absolute atomic E-state index is 13.5. The first-order chi connectivity index (χ1) is 8.49. The maximum Gasteiger partial charge on any atom is 0.338 e. The van der Waals surface area contributed by atoms with Gasteiger partial charge in [-0.25, -0.2) is 13.6 Å². The third-order valence-electron chi connectivity index (χ3n) is 2.44. The van der Waals surface area contributed by atoms with Crippen LogP contribution in [0.5, 0.6) is 0 Å². The molecule has 2 aromatic carbocycles. The number of halogens is 3. The van der Waals surface area contributed by atoms with Crippen molar-refractivity contribution < 1.29 is 18.7 Å². The first-order valence-electron chi connectivity index (χ1n) is 4.97. The number of benzene rings is 2. The van der Waals surface area contributed by atoms with Crippen LogP contribution in [0.4, 0.5) is 8.78 Å². The monoisotopic (exact) mass is 268 g/mol. The summed E-state index contributed by atoms with van der Waals surface area (Å²) in [6.45, 7) is 0. The van der Waals surface area contributed by atoms with Gasteiger partial charge in [-0.2, -0.15) is 0 Å². The fourth-order valence-corrected chi connectivity index (χ4v) is 1.80. The van der Waals surface area contributed by atoms with Crippen LogP contribution in [0.2, 0.25) is 5.02 Å². The summed E-state index contributed by atoms with van der Waals surface area (Å²) in [5, 5.41) is 8.96. The lowest BCUT2D eigenvalue weighted by Gasteiger charge is -2.06. The zero-order valence-electron chi connectivity index (χ0n) is 8.95. The van der Waals surface area contributed by atoms with Crippen molar-refractivity contribution in [3.63, 3.8) is 0 Å². The molecule has 2 aromatic rings. The van der Waals surface area contributed by atoms with Gasteiger partial charge in [-0.05, 0) is 35.9 Å². The predicted octanol–water partition coefficient (Wildman–Crippen LogP) is 3.98. The second-order valence-electron chi connectivity index (χ2n) is 3.62. The van der Waals surface area contributed by atoms with Gasteiger partial charge in [0.2, 0.25) is 0 Å². The Kier molecular flexibility index (Phi) is 3.30. The van der Waals surface area contributed by atoms with Crippen LogP contribution >= 0.6 is 11.6 Å². The summed E-state index contributed by atoms with van der Waals surface area (Å²) in [4.78, 5) is 10.7. The molecule has 1 N–H and O–H groups in total. The Balaban J connectivity index is 2.55. The Bertz CT molecular complexity index is 626. The topological polar surface area (TPSA) is 37.3 Å². The number of hydrogen-bond donors (Lipinski definition) is 1. The lowest BCUT2D eigenvalue weighted by Crippen LogP contribution is -2.00. The first-order valence-corrected chi connectivity index (χ1v) is 5.35. The van der Waals surface area contributed by atoms with Crippen LogP contribution in [0, 0.1) is 11.6 Å². The quantitative estimate of drug-likeness (QED) is 0.894. The molecule has 0 amide bonds. The highest BCUT2D eigenvalue weighted by Gasteiger charge is 2.12. The SMILES string of the molecule is O=C(O)c1ccc(-c2cc(F)ccc2Cl)cc1F.